The van der Waals surface area contributed by atoms with E-state index in [4.69, 9.17) is 5.84 Å². The highest BCUT2D eigenvalue weighted by molar-refractivity contribution is 7.09. The van der Waals surface area contributed by atoms with Gasteiger partial charge in [0.15, 0.2) is 11.6 Å². The van der Waals surface area contributed by atoms with Gasteiger partial charge in [0.05, 0.1) is 11.0 Å². The van der Waals surface area contributed by atoms with Crippen molar-refractivity contribution in [1.29, 1.82) is 0 Å². The Balaban J connectivity index is 2.02. The Labute approximate surface area is 109 Å². The Hall–Kier alpha value is -1.31. The molecule has 0 bridgehead atoms. The van der Waals surface area contributed by atoms with Crippen LogP contribution in [-0.4, -0.2) is 31.3 Å². The lowest BCUT2D eigenvalue weighted by atomic mass is 10.2. The molecule has 0 amide bonds. The first kappa shape index (κ1) is 11.8. The first-order valence-electron chi connectivity index (χ1n) is 6.10. The molecule has 0 saturated carbocycles. The molecule has 2 N–H and O–H groups in total. The van der Waals surface area contributed by atoms with Crippen LogP contribution in [0.2, 0.25) is 0 Å². The number of nitrogens with two attached hydrogens (primary N) is 1. The van der Waals surface area contributed by atoms with Crippen LogP contribution >= 0.6 is 11.3 Å². The van der Waals surface area contributed by atoms with Crippen molar-refractivity contribution in [3.8, 4) is 11.5 Å². The smallest absolute Gasteiger partial charge is 0.183 e. The zero-order valence-electron chi connectivity index (χ0n) is 10.5. The fraction of sp³-hybridized carbons (Fsp3) is 0.545. The van der Waals surface area contributed by atoms with E-state index < -0.39 is 0 Å². The first-order chi connectivity index (χ1) is 8.70. The molecule has 0 radical (unpaired) electrons. The largest absolute Gasteiger partial charge is 0.307 e. The predicted molar refractivity (Wildman–Crippen MR) is 69.8 cm³/mol. The lowest BCUT2D eigenvalue weighted by molar-refractivity contribution is 0.168. The maximum Gasteiger partial charge on any atom is 0.183 e. The summed E-state index contributed by atoms with van der Waals surface area (Å²) in [6.45, 7) is 5.78. The highest BCUT2D eigenvalue weighted by Gasteiger charge is 2.27. The number of aryl methyl sites for hydroxylation is 1. The molecule has 0 aromatic carbocycles. The molecule has 1 aliphatic rings. The van der Waals surface area contributed by atoms with Gasteiger partial charge >= 0.3 is 0 Å². The molecule has 1 atom stereocenters. The topological polar surface area (TPSA) is 72.9 Å². The molecule has 96 valence electrons. The molecule has 0 spiro atoms. The molecular weight excluding hydrogens is 248 g/mol. The molecular formula is C11H16N6S. The van der Waals surface area contributed by atoms with Gasteiger partial charge in [-0.2, -0.15) is 0 Å². The molecule has 2 aromatic heterocycles. The Kier molecular flexibility index (Phi) is 2.89. The molecule has 7 heteroatoms. The summed E-state index contributed by atoms with van der Waals surface area (Å²) in [6.07, 6.45) is 0.957. The maximum absolute atomic E-state index is 5.91. The van der Waals surface area contributed by atoms with Crippen LogP contribution in [0.3, 0.4) is 0 Å². The van der Waals surface area contributed by atoms with E-state index in [0.29, 0.717) is 0 Å². The Morgan fingerprint density at radius 3 is 3.00 bits per heavy atom. The second-order valence-corrected chi connectivity index (χ2v) is 5.37. The molecule has 3 rings (SSSR count). The van der Waals surface area contributed by atoms with Crippen LogP contribution in [0.15, 0.2) is 5.38 Å². The molecule has 3 heterocycles. The van der Waals surface area contributed by atoms with E-state index in [2.05, 4.69) is 32.1 Å². The van der Waals surface area contributed by atoms with Crippen LogP contribution in [-0.2, 0) is 13.0 Å². The summed E-state index contributed by atoms with van der Waals surface area (Å²) in [5.74, 6) is 7.69. The van der Waals surface area contributed by atoms with Gasteiger partial charge in [-0.3, -0.25) is 5.84 Å². The van der Waals surface area contributed by atoms with Gasteiger partial charge in [-0.15, -0.1) is 21.5 Å². The fourth-order valence-electron chi connectivity index (χ4n) is 2.17. The lowest BCUT2D eigenvalue weighted by Crippen LogP contribution is -2.41. The minimum Gasteiger partial charge on any atom is -0.307 e. The number of rotatable bonds is 2. The van der Waals surface area contributed by atoms with Crippen molar-refractivity contribution in [2.45, 2.75) is 32.9 Å². The zero-order chi connectivity index (χ0) is 12.7. The number of hydrogen-bond donors (Lipinski definition) is 1. The summed E-state index contributed by atoms with van der Waals surface area (Å²) in [6, 6.07) is 0.101. The Morgan fingerprint density at radius 1 is 1.44 bits per heavy atom. The average Bonchev–Trinajstić information content (AvgIpc) is 2.99. The summed E-state index contributed by atoms with van der Waals surface area (Å²) in [5.41, 5.74) is 0.924. The Bertz CT molecular complexity index is 560. The van der Waals surface area contributed by atoms with Crippen LogP contribution in [0.1, 0.15) is 30.7 Å². The number of hydrogen-bond acceptors (Lipinski definition) is 6. The van der Waals surface area contributed by atoms with Gasteiger partial charge in [0.2, 0.25) is 0 Å². The quantitative estimate of drug-likeness (QED) is 0.825. The summed E-state index contributed by atoms with van der Waals surface area (Å²) in [7, 11) is 0. The predicted octanol–water partition coefficient (Wildman–Crippen LogP) is 1.21. The van der Waals surface area contributed by atoms with Gasteiger partial charge in [-0.05, 0) is 13.3 Å². The van der Waals surface area contributed by atoms with E-state index in [0.717, 1.165) is 41.9 Å². The van der Waals surface area contributed by atoms with Gasteiger partial charge in [0.25, 0.3) is 0 Å². The van der Waals surface area contributed by atoms with Crippen LogP contribution in [0.25, 0.3) is 11.5 Å². The number of thiazole rings is 1. The molecule has 0 fully saturated rings. The number of hydrazine groups is 1. The average molecular weight is 264 g/mol. The van der Waals surface area contributed by atoms with Crippen molar-refractivity contribution in [2.75, 3.05) is 6.54 Å². The minimum absolute atomic E-state index is 0.101. The van der Waals surface area contributed by atoms with E-state index in [1.165, 1.54) is 0 Å². The second-order valence-electron chi connectivity index (χ2n) is 4.43. The molecule has 2 aromatic rings. The third-order valence-corrected chi connectivity index (χ3v) is 4.31. The van der Waals surface area contributed by atoms with Gasteiger partial charge < -0.3 is 4.57 Å². The number of aromatic nitrogens is 4. The van der Waals surface area contributed by atoms with Crippen molar-refractivity contribution >= 4 is 11.3 Å². The second kappa shape index (κ2) is 4.42. The van der Waals surface area contributed by atoms with Crippen LogP contribution < -0.4 is 5.84 Å². The molecule has 18 heavy (non-hydrogen) atoms. The molecule has 6 nitrogen and oxygen atoms in total. The maximum atomic E-state index is 5.91. The summed E-state index contributed by atoms with van der Waals surface area (Å²) >= 11 is 1.67. The van der Waals surface area contributed by atoms with Gasteiger partial charge in [-0.25, -0.2) is 9.99 Å². The summed E-state index contributed by atoms with van der Waals surface area (Å²) < 4.78 is 2.13. The highest BCUT2D eigenvalue weighted by Crippen LogP contribution is 2.27. The molecule has 0 saturated heterocycles. The van der Waals surface area contributed by atoms with E-state index in [-0.39, 0.29) is 6.04 Å². The lowest BCUT2D eigenvalue weighted by Gasteiger charge is -2.29. The monoisotopic (exact) mass is 264 g/mol. The molecule has 0 unspecified atom stereocenters. The van der Waals surface area contributed by atoms with Crippen molar-refractivity contribution in [1.82, 2.24) is 24.8 Å². The van der Waals surface area contributed by atoms with Gasteiger partial charge in [0, 0.05) is 18.5 Å². The van der Waals surface area contributed by atoms with Crippen LogP contribution in [0.5, 0.6) is 0 Å². The normalized spacial score (nSPS) is 20.1. The zero-order valence-corrected chi connectivity index (χ0v) is 11.3. The minimum atomic E-state index is 0.101. The molecule has 0 aliphatic carbocycles. The first-order valence-corrected chi connectivity index (χ1v) is 6.98. The van der Waals surface area contributed by atoms with Crippen molar-refractivity contribution in [3.05, 3.63) is 16.2 Å². The highest BCUT2D eigenvalue weighted by atomic mass is 32.1. The van der Waals surface area contributed by atoms with Gasteiger partial charge in [-0.1, -0.05) is 6.92 Å². The Morgan fingerprint density at radius 2 is 2.28 bits per heavy atom. The fourth-order valence-corrected chi connectivity index (χ4v) is 2.89. The number of nitrogens with zero attached hydrogens (tertiary/aromatic N) is 5. The number of fused-ring (bicyclic) bond motifs is 1. The van der Waals surface area contributed by atoms with E-state index >= 15 is 0 Å². The van der Waals surface area contributed by atoms with Gasteiger partial charge in [0.1, 0.15) is 5.69 Å². The van der Waals surface area contributed by atoms with E-state index in [1.54, 1.807) is 16.3 Å². The van der Waals surface area contributed by atoms with Crippen molar-refractivity contribution < 1.29 is 0 Å². The SMILES string of the molecule is CCc1nc(-c2nnc3n2CCN(N)[C@@H]3C)cs1. The van der Waals surface area contributed by atoms with Crippen LogP contribution in [0.4, 0.5) is 0 Å². The standard InChI is InChI=1S/C11H16N6S/c1-3-9-13-8(6-18-9)11-15-14-10-7(2)17(12)5-4-16(10)11/h6-7H,3-5,12H2,1-2H3/t7-/m1/s1. The van der Waals surface area contributed by atoms with Crippen molar-refractivity contribution in [3.63, 3.8) is 0 Å². The third-order valence-electron chi connectivity index (χ3n) is 3.32. The van der Waals surface area contributed by atoms with E-state index in [1.807, 2.05) is 6.92 Å². The van der Waals surface area contributed by atoms with E-state index in [9.17, 15) is 0 Å². The van der Waals surface area contributed by atoms with Crippen molar-refractivity contribution in [2.24, 2.45) is 5.84 Å². The molecule has 1 aliphatic heterocycles. The summed E-state index contributed by atoms with van der Waals surface area (Å²) in [5, 5.41) is 13.5. The van der Waals surface area contributed by atoms with Crippen LogP contribution in [0, 0.1) is 0 Å². The summed E-state index contributed by atoms with van der Waals surface area (Å²) in [4.78, 5) is 4.57. The third kappa shape index (κ3) is 1.75.